The first-order chi connectivity index (χ1) is 17.4. The van der Waals surface area contributed by atoms with Gasteiger partial charge in [0.2, 0.25) is 0 Å². The number of fused-ring (bicyclic) bond motifs is 1. The van der Waals surface area contributed by atoms with Gasteiger partial charge in [-0.05, 0) is 73.0 Å². The van der Waals surface area contributed by atoms with E-state index in [0.29, 0.717) is 28.6 Å². The zero-order valence-electron chi connectivity index (χ0n) is 19.7. The Labute approximate surface area is 221 Å². The molecule has 1 aliphatic heterocycles. The van der Waals surface area contributed by atoms with E-state index in [4.69, 9.17) is 4.74 Å². The number of thiazole rings is 1. The van der Waals surface area contributed by atoms with Crippen LogP contribution in [0.3, 0.4) is 0 Å². The van der Waals surface area contributed by atoms with Crippen molar-refractivity contribution in [3.8, 4) is 5.75 Å². The Balaban J connectivity index is 1.67. The summed E-state index contributed by atoms with van der Waals surface area (Å²) in [4.78, 5) is 32.9. The number of ether oxygens (including phenoxy) is 1. The number of hydrogen-bond donors (Lipinski definition) is 1. The van der Waals surface area contributed by atoms with Crippen molar-refractivity contribution in [2.45, 2.75) is 26.3 Å². The van der Waals surface area contributed by atoms with Gasteiger partial charge in [0.25, 0.3) is 5.78 Å². The minimum Gasteiger partial charge on any atom is -0.507 e. The number of benzene rings is 3. The number of anilines is 1. The average Bonchev–Trinajstić information content (AvgIpc) is 3.42. The highest BCUT2D eigenvalue weighted by Crippen LogP contribution is 2.44. The van der Waals surface area contributed by atoms with Crippen molar-refractivity contribution >= 4 is 60.1 Å². The third-order valence-corrected chi connectivity index (χ3v) is 7.67. The van der Waals surface area contributed by atoms with Gasteiger partial charge in [-0.1, -0.05) is 52.4 Å². The molecule has 0 saturated carbocycles. The van der Waals surface area contributed by atoms with Crippen LogP contribution in [0.25, 0.3) is 16.0 Å². The molecule has 1 saturated heterocycles. The number of rotatable bonds is 6. The first-order valence-electron chi connectivity index (χ1n) is 11.6. The molecular formula is C28H23BrN2O4S. The maximum Gasteiger partial charge on any atom is 0.301 e. The predicted octanol–water partition coefficient (Wildman–Crippen LogP) is 6.65. The molecule has 2 heterocycles. The number of aromatic nitrogens is 1. The van der Waals surface area contributed by atoms with Gasteiger partial charge in [0.15, 0.2) is 5.13 Å². The van der Waals surface area contributed by atoms with Gasteiger partial charge in [-0.3, -0.25) is 14.5 Å². The number of carbonyl (C=O) groups is 2. The summed E-state index contributed by atoms with van der Waals surface area (Å²) in [5, 5.41) is 11.7. The molecule has 8 heteroatoms. The minimum absolute atomic E-state index is 0.0278. The first kappa shape index (κ1) is 24.2. The highest BCUT2D eigenvalue weighted by atomic mass is 79.9. The maximum atomic E-state index is 13.4. The third-order valence-electron chi connectivity index (χ3n) is 6.12. The average molecular weight is 563 g/mol. The van der Waals surface area contributed by atoms with Crippen molar-refractivity contribution in [1.82, 2.24) is 4.98 Å². The minimum atomic E-state index is -0.823. The molecule has 0 bridgehead atoms. The standard InChI is InChI=1S/C28H23BrN2O4S/c1-3-16-5-14-21-22(15-16)36-28(30-21)31-24(17-6-10-19(29)11-7-17)23(26(33)27(31)34)25(32)18-8-12-20(13-9-18)35-4-2/h5-15,24,32H,3-4H2,1-2H3/b25-23+/t24-/m1/s1. The lowest BCUT2D eigenvalue weighted by Crippen LogP contribution is -2.29. The number of halogens is 1. The maximum absolute atomic E-state index is 13.4. The molecule has 0 radical (unpaired) electrons. The van der Waals surface area contributed by atoms with Crippen LogP contribution in [0.1, 0.15) is 36.6 Å². The lowest BCUT2D eigenvalue weighted by atomic mass is 9.95. The smallest absolute Gasteiger partial charge is 0.301 e. The highest BCUT2D eigenvalue weighted by Gasteiger charge is 2.48. The lowest BCUT2D eigenvalue weighted by molar-refractivity contribution is -0.132. The normalized spacial score (nSPS) is 17.2. The number of hydrogen-bond acceptors (Lipinski definition) is 6. The van der Waals surface area contributed by atoms with E-state index in [2.05, 4.69) is 33.9 Å². The van der Waals surface area contributed by atoms with Gasteiger partial charge < -0.3 is 9.84 Å². The first-order valence-corrected chi connectivity index (χ1v) is 13.2. The molecule has 1 N–H and O–H groups in total. The van der Waals surface area contributed by atoms with E-state index >= 15 is 0 Å². The van der Waals surface area contributed by atoms with Gasteiger partial charge >= 0.3 is 5.91 Å². The number of amides is 1. The molecule has 1 atom stereocenters. The summed E-state index contributed by atoms with van der Waals surface area (Å²) in [5.74, 6) is -1.05. The Kier molecular flexibility index (Phi) is 6.64. The summed E-state index contributed by atoms with van der Waals surface area (Å²) in [6.45, 7) is 4.48. The fraction of sp³-hybridized carbons (Fsp3) is 0.179. The number of carbonyl (C=O) groups excluding carboxylic acids is 2. The van der Waals surface area contributed by atoms with Crippen LogP contribution in [0.4, 0.5) is 5.13 Å². The summed E-state index contributed by atoms with van der Waals surface area (Å²) < 4.78 is 7.29. The van der Waals surface area contributed by atoms with Crippen LogP contribution in [0.5, 0.6) is 5.75 Å². The molecule has 182 valence electrons. The Morgan fingerprint density at radius 1 is 1.06 bits per heavy atom. The van der Waals surface area contributed by atoms with E-state index in [-0.39, 0.29) is 11.3 Å². The second-order valence-corrected chi connectivity index (χ2v) is 10.3. The molecule has 0 unspecified atom stereocenters. The van der Waals surface area contributed by atoms with Crippen LogP contribution in [-0.4, -0.2) is 28.4 Å². The van der Waals surface area contributed by atoms with Crippen LogP contribution >= 0.6 is 27.3 Å². The van der Waals surface area contributed by atoms with E-state index in [9.17, 15) is 14.7 Å². The van der Waals surface area contributed by atoms with Crippen molar-refractivity contribution in [3.63, 3.8) is 0 Å². The quantitative estimate of drug-likeness (QED) is 0.162. The van der Waals surface area contributed by atoms with Crippen molar-refractivity contribution in [2.75, 3.05) is 11.5 Å². The molecule has 4 aromatic rings. The second-order valence-electron chi connectivity index (χ2n) is 8.33. The van der Waals surface area contributed by atoms with Gasteiger partial charge in [-0.2, -0.15) is 0 Å². The molecule has 6 nitrogen and oxygen atoms in total. The fourth-order valence-electron chi connectivity index (χ4n) is 4.30. The molecule has 0 spiro atoms. The molecule has 0 aliphatic carbocycles. The van der Waals surface area contributed by atoms with E-state index in [1.165, 1.54) is 21.8 Å². The summed E-state index contributed by atoms with van der Waals surface area (Å²) in [5.41, 5.74) is 3.07. The van der Waals surface area contributed by atoms with E-state index in [0.717, 1.165) is 21.1 Å². The number of aryl methyl sites for hydroxylation is 1. The molecular weight excluding hydrogens is 540 g/mol. The highest BCUT2D eigenvalue weighted by molar-refractivity contribution is 9.10. The number of Topliss-reactive ketones (excluding diaryl/α,β-unsaturated/α-hetero) is 1. The Morgan fingerprint density at radius 2 is 1.78 bits per heavy atom. The molecule has 1 aliphatic rings. The van der Waals surface area contributed by atoms with Crippen molar-refractivity contribution in [3.05, 3.63) is 93.5 Å². The summed E-state index contributed by atoms with van der Waals surface area (Å²) in [6, 6.07) is 19.3. The topological polar surface area (TPSA) is 79.7 Å². The third kappa shape index (κ3) is 4.31. The Morgan fingerprint density at radius 3 is 2.44 bits per heavy atom. The van der Waals surface area contributed by atoms with Crippen LogP contribution in [0, 0.1) is 0 Å². The van der Waals surface area contributed by atoms with Gasteiger partial charge in [0.1, 0.15) is 11.5 Å². The molecule has 1 aromatic heterocycles. The van der Waals surface area contributed by atoms with Gasteiger partial charge in [-0.25, -0.2) is 4.98 Å². The monoisotopic (exact) mass is 562 g/mol. The molecule has 36 heavy (non-hydrogen) atoms. The number of nitrogens with zero attached hydrogens (tertiary/aromatic N) is 2. The summed E-state index contributed by atoms with van der Waals surface area (Å²) in [7, 11) is 0. The zero-order valence-corrected chi connectivity index (χ0v) is 22.1. The molecule has 1 fully saturated rings. The lowest BCUT2D eigenvalue weighted by Gasteiger charge is -2.23. The zero-order chi connectivity index (χ0) is 25.4. The fourth-order valence-corrected chi connectivity index (χ4v) is 5.62. The van der Waals surface area contributed by atoms with Crippen LogP contribution in [-0.2, 0) is 16.0 Å². The van der Waals surface area contributed by atoms with Crippen molar-refractivity contribution in [1.29, 1.82) is 0 Å². The van der Waals surface area contributed by atoms with Gasteiger partial charge in [-0.15, -0.1) is 0 Å². The van der Waals surface area contributed by atoms with Crippen LogP contribution in [0.2, 0.25) is 0 Å². The number of aliphatic hydroxyl groups is 1. The Bertz CT molecular complexity index is 1490. The van der Waals surface area contributed by atoms with Gasteiger partial charge in [0, 0.05) is 10.0 Å². The van der Waals surface area contributed by atoms with Gasteiger partial charge in [0.05, 0.1) is 28.4 Å². The molecule has 5 rings (SSSR count). The predicted molar refractivity (Wildman–Crippen MR) is 146 cm³/mol. The van der Waals surface area contributed by atoms with E-state index in [1.54, 1.807) is 24.3 Å². The number of ketones is 1. The number of aliphatic hydroxyl groups excluding tert-OH is 1. The van der Waals surface area contributed by atoms with Crippen LogP contribution < -0.4 is 9.64 Å². The van der Waals surface area contributed by atoms with E-state index in [1.807, 2.05) is 43.3 Å². The van der Waals surface area contributed by atoms with Crippen molar-refractivity contribution < 1.29 is 19.4 Å². The van der Waals surface area contributed by atoms with Crippen molar-refractivity contribution in [2.24, 2.45) is 0 Å². The Hall–Kier alpha value is -3.49. The SMILES string of the molecule is CCOc1ccc(/C(O)=C2\C(=O)C(=O)N(c3nc4ccc(CC)cc4s3)[C@@H]2c2ccc(Br)cc2)cc1. The van der Waals surface area contributed by atoms with E-state index < -0.39 is 17.7 Å². The second kappa shape index (κ2) is 9.87. The molecule has 1 amide bonds. The summed E-state index contributed by atoms with van der Waals surface area (Å²) in [6.07, 6.45) is 0.884. The summed E-state index contributed by atoms with van der Waals surface area (Å²) >= 11 is 4.80. The van der Waals surface area contributed by atoms with Crippen LogP contribution in [0.15, 0.2) is 76.8 Å². The molecule has 3 aromatic carbocycles. The largest absolute Gasteiger partial charge is 0.507 e.